The number of hydrogen-bond acceptors (Lipinski definition) is 3. The molecule has 2 amide bonds. The van der Waals surface area contributed by atoms with Crippen molar-refractivity contribution in [1.29, 1.82) is 0 Å². The number of amides is 2. The van der Waals surface area contributed by atoms with Gasteiger partial charge in [-0.25, -0.2) is 4.39 Å². The largest absolute Gasteiger partial charge is 0.328 e. The van der Waals surface area contributed by atoms with Crippen molar-refractivity contribution in [2.45, 2.75) is 25.3 Å². The Kier molecular flexibility index (Phi) is 5.09. The standard InChI is InChI=1S/C19H20FN3O2/c20-14-4-2-6-17(11-14)23-18(24)12-3-1-5-16(10-12)22-19(25)13-7-8-15(21)9-13/h1-6,10-11,13,15H,7-9,21H2,(H,22,25)(H,23,24). The molecule has 25 heavy (non-hydrogen) atoms. The average molecular weight is 341 g/mol. The van der Waals surface area contributed by atoms with Gasteiger partial charge in [-0.15, -0.1) is 0 Å². The Bertz CT molecular complexity index is 794. The van der Waals surface area contributed by atoms with E-state index in [9.17, 15) is 14.0 Å². The summed E-state index contributed by atoms with van der Waals surface area (Å²) in [5.74, 6) is -0.950. The van der Waals surface area contributed by atoms with Crippen LogP contribution in [0.2, 0.25) is 0 Å². The van der Waals surface area contributed by atoms with Crippen LogP contribution < -0.4 is 16.4 Å². The molecule has 1 saturated carbocycles. The van der Waals surface area contributed by atoms with Gasteiger partial charge in [0.1, 0.15) is 5.82 Å². The van der Waals surface area contributed by atoms with Crippen LogP contribution in [0.3, 0.4) is 0 Å². The molecule has 0 spiro atoms. The Morgan fingerprint density at radius 3 is 2.40 bits per heavy atom. The number of nitrogens with one attached hydrogen (secondary N) is 2. The summed E-state index contributed by atoms with van der Waals surface area (Å²) in [6, 6.07) is 12.4. The molecule has 1 aliphatic rings. The number of carbonyl (C=O) groups is 2. The van der Waals surface area contributed by atoms with E-state index in [2.05, 4.69) is 10.6 Å². The fourth-order valence-corrected chi connectivity index (χ4v) is 3.01. The molecule has 6 heteroatoms. The van der Waals surface area contributed by atoms with Gasteiger partial charge in [0.15, 0.2) is 0 Å². The van der Waals surface area contributed by atoms with Gasteiger partial charge in [0, 0.05) is 28.9 Å². The van der Waals surface area contributed by atoms with E-state index in [1.807, 2.05) is 0 Å². The van der Waals surface area contributed by atoms with E-state index in [-0.39, 0.29) is 23.8 Å². The molecule has 2 aromatic rings. The van der Waals surface area contributed by atoms with Gasteiger partial charge in [0.25, 0.3) is 5.91 Å². The Morgan fingerprint density at radius 1 is 1.00 bits per heavy atom. The SMILES string of the molecule is NC1CCC(C(=O)Nc2cccc(C(=O)Nc3cccc(F)c3)c2)C1. The van der Waals surface area contributed by atoms with E-state index in [1.54, 1.807) is 30.3 Å². The molecule has 5 nitrogen and oxygen atoms in total. The van der Waals surface area contributed by atoms with Crippen molar-refractivity contribution in [3.05, 3.63) is 59.9 Å². The number of anilines is 2. The lowest BCUT2D eigenvalue weighted by Crippen LogP contribution is -2.23. The van der Waals surface area contributed by atoms with E-state index in [0.29, 0.717) is 23.4 Å². The Hall–Kier alpha value is -2.73. The summed E-state index contributed by atoms with van der Waals surface area (Å²) in [5, 5.41) is 5.47. The minimum absolute atomic E-state index is 0.0735. The van der Waals surface area contributed by atoms with Crippen LogP contribution in [0.15, 0.2) is 48.5 Å². The first-order valence-electron chi connectivity index (χ1n) is 8.24. The summed E-state index contributed by atoms with van der Waals surface area (Å²) in [6.45, 7) is 0. The van der Waals surface area contributed by atoms with E-state index in [4.69, 9.17) is 5.73 Å². The third-order valence-corrected chi connectivity index (χ3v) is 4.32. The number of benzene rings is 2. The van der Waals surface area contributed by atoms with Crippen LogP contribution in [0.25, 0.3) is 0 Å². The molecule has 0 aliphatic heterocycles. The van der Waals surface area contributed by atoms with Crippen molar-refractivity contribution < 1.29 is 14.0 Å². The van der Waals surface area contributed by atoms with Crippen molar-refractivity contribution in [3.8, 4) is 0 Å². The minimum Gasteiger partial charge on any atom is -0.328 e. The van der Waals surface area contributed by atoms with Crippen molar-refractivity contribution in [2.24, 2.45) is 11.7 Å². The molecule has 2 aromatic carbocycles. The van der Waals surface area contributed by atoms with Gasteiger partial charge in [0.2, 0.25) is 5.91 Å². The highest BCUT2D eigenvalue weighted by atomic mass is 19.1. The molecule has 130 valence electrons. The van der Waals surface area contributed by atoms with Crippen LogP contribution in [0.1, 0.15) is 29.6 Å². The Labute approximate surface area is 145 Å². The number of halogens is 1. The first kappa shape index (κ1) is 17.1. The smallest absolute Gasteiger partial charge is 0.255 e. The van der Waals surface area contributed by atoms with Crippen LogP contribution in [0, 0.1) is 11.7 Å². The second-order valence-corrected chi connectivity index (χ2v) is 6.30. The number of carbonyl (C=O) groups excluding carboxylic acids is 2. The highest BCUT2D eigenvalue weighted by molar-refractivity contribution is 6.05. The zero-order valence-corrected chi connectivity index (χ0v) is 13.7. The monoisotopic (exact) mass is 341 g/mol. The van der Waals surface area contributed by atoms with E-state index in [1.165, 1.54) is 18.2 Å². The van der Waals surface area contributed by atoms with Crippen molar-refractivity contribution in [2.75, 3.05) is 10.6 Å². The molecule has 0 bridgehead atoms. The summed E-state index contributed by atoms with van der Waals surface area (Å²) in [7, 11) is 0. The fraction of sp³-hybridized carbons (Fsp3) is 0.263. The molecule has 1 fully saturated rings. The lowest BCUT2D eigenvalue weighted by Gasteiger charge is -2.12. The van der Waals surface area contributed by atoms with Crippen LogP contribution in [0.5, 0.6) is 0 Å². The molecule has 0 radical (unpaired) electrons. The van der Waals surface area contributed by atoms with Crippen LogP contribution in [-0.4, -0.2) is 17.9 Å². The number of nitrogens with two attached hydrogens (primary N) is 1. The molecule has 3 rings (SSSR count). The minimum atomic E-state index is -0.423. The molecule has 0 saturated heterocycles. The summed E-state index contributed by atoms with van der Waals surface area (Å²) in [5.41, 5.74) is 7.15. The third kappa shape index (κ3) is 4.42. The molecule has 0 heterocycles. The maximum absolute atomic E-state index is 13.2. The van der Waals surface area contributed by atoms with Crippen molar-refractivity contribution >= 4 is 23.2 Å². The molecule has 2 unspecified atom stereocenters. The molecular weight excluding hydrogens is 321 g/mol. The maximum Gasteiger partial charge on any atom is 0.255 e. The fourth-order valence-electron chi connectivity index (χ4n) is 3.01. The second kappa shape index (κ2) is 7.44. The zero-order valence-electron chi connectivity index (χ0n) is 13.7. The highest BCUT2D eigenvalue weighted by Crippen LogP contribution is 2.25. The molecule has 0 aromatic heterocycles. The lowest BCUT2D eigenvalue weighted by molar-refractivity contribution is -0.119. The number of hydrogen-bond donors (Lipinski definition) is 3. The van der Waals surface area contributed by atoms with Crippen molar-refractivity contribution in [1.82, 2.24) is 0 Å². The van der Waals surface area contributed by atoms with Crippen LogP contribution >= 0.6 is 0 Å². The predicted molar refractivity (Wildman–Crippen MR) is 94.7 cm³/mol. The Morgan fingerprint density at radius 2 is 1.72 bits per heavy atom. The van der Waals surface area contributed by atoms with E-state index in [0.717, 1.165) is 12.8 Å². The van der Waals surface area contributed by atoms with Gasteiger partial charge in [-0.1, -0.05) is 12.1 Å². The average Bonchev–Trinajstić information content (AvgIpc) is 3.02. The zero-order chi connectivity index (χ0) is 17.8. The van der Waals surface area contributed by atoms with Gasteiger partial charge < -0.3 is 16.4 Å². The third-order valence-electron chi connectivity index (χ3n) is 4.32. The van der Waals surface area contributed by atoms with Gasteiger partial charge in [-0.05, 0) is 55.7 Å². The molecular formula is C19H20FN3O2. The molecule has 1 aliphatic carbocycles. The van der Waals surface area contributed by atoms with Gasteiger partial charge in [0.05, 0.1) is 0 Å². The lowest BCUT2D eigenvalue weighted by atomic mass is 10.1. The van der Waals surface area contributed by atoms with E-state index < -0.39 is 5.82 Å². The summed E-state index contributed by atoms with van der Waals surface area (Å²) in [4.78, 5) is 24.6. The topological polar surface area (TPSA) is 84.2 Å². The predicted octanol–water partition coefficient (Wildman–Crippen LogP) is 3.14. The summed E-state index contributed by atoms with van der Waals surface area (Å²) >= 11 is 0. The quantitative estimate of drug-likeness (QED) is 0.799. The van der Waals surface area contributed by atoms with Gasteiger partial charge in [-0.3, -0.25) is 9.59 Å². The van der Waals surface area contributed by atoms with Crippen molar-refractivity contribution in [3.63, 3.8) is 0 Å². The van der Waals surface area contributed by atoms with Gasteiger partial charge >= 0.3 is 0 Å². The number of rotatable bonds is 4. The van der Waals surface area contributed by atoms with Crippen LogP contribution in [-0.2, 0) is 4.79 Å². The summed E-state index contributed by atoms with van der Waals surface area (Å²) < 4.78 is 13.2. The second-order valence-electron chi connectivity index (χ2n) is 6.30. The van der Waals surface area contributed by atoms with E-state index >= 15 is 0 Å². The molecule has 4 N–H and O–H groups in total. The van der Waals surface area contributed by atoms with Gasteiger partial charge in [-0.2, -0.15) is 0 Å². The Balaban J connectivity index is 1.66. The normalized spacial score (nSPS) is 19.4. The highest BCUT2D eigenvalue weighted by Gasteiger charge is 2.27. The first-order chi connectivity index (χ1) is 12.0. The molecule has 2 atom stereocenters. The first-order valence-corrected chi connectivity index (χ1v) is 8.24. The van der Waals surface area contributed by atoms with Crippen LogP contribution in [0.4, 0.5) is 15.8 Å². The summed E-state index contributed by atoms with van der Waals surface area (Å²) in [6.07, 6.45) is 2.33. The maximum atomic E-state index is 13.2.